The third-order valence-electron chi connectivity index (χ3n) is 2.90. The predicted molar refractivity (Wildman–Crippen MR) is 72.3 cm³/mol. The minimum absolute atomic E-state index is 0.0530. The van der Waals surface area contributed by atoms with Gasteiger partial charge in [-0.05, 0) is 32.9 Å². The molecule has 0 radical (unpaired) electrons. The molecule has 0 heterocycles. The van der Waals surface area contributed by atoms with Crippen LogP contribution in [-0.2, 0) is 4.79 Å². The van der Waals surface area contributed by atoms with Gasteiger partial charge in [-0.15, -0.1) is 0 Å². The fourth-order valence-electron chi connectivity index (χ4n) is 1.86. The molecule has 1 atom stereocenters. The van der Waals surface area contributed by atoms with Crippen LogP contribution in [0.5, 0.6) is 5.75 Å². The number of hydrogen-bond acceptors (Lipinski definition) is 3. The highest BCUT2D eigenvalue weighted by atomic mass is 19.1. The van der Waals surface area contributed by atoms with Gasteiger partial charge in [0.2, 0.25) is 5.91 Å². The summed E-state index contributed by atoms with van der Waals surface area (Å²) in [6.45, 7) is 5.53. The molecule has 0 spiro atoms. The number of nitrogens with two attached hydrogens (primary N) is 1. The summed E-state index contributed by atoms with van der Waals surface area (Å²) in [7, 11) is 0. The van der Waals surface area contributed by atoms with Gasteiger partial charge < -0.3 is 15.8 Å². The molecule has 6 heteroatoms. The first-order valence-electron chi connectivity index (χ1n) is 6.40. The first-order valence-corrected chi connectivity index (χ1v) is 6.40. The number of amides is 1. The maximum absolute atomic E-state index is 13.4. The molecular formula is C14H20F2N2O2. The van der Waals surface area contributed by atoms with E-state index in [2.05, 4.69) is 5.32 Å². The van der Waals surface area contributed by atoms with E-state index in [0.717, 1.165) is 12.1 Å². The molecular weight excluding hydrogens is 266 g/mol. The second-order valence-corrected chi connectivity index (χ2v) is 5.17. The number of benzene rings is 1. The first kappa shape index (κ1) is 16.4. The van der Waals surface area contributed by atoms with Crippen molar-refractivity contribution in [3.8, 4) is 5.75 Å². The molecule has 1 amide bonds. The second kappa shape index (κ2) is 6.65. The minimum Gasteiger partial charge on any atom is -0.490 e. The third kappa shape index (κ3) is 4.45. The number of rotatable bonds is 7. The third-order valence-corrected chi connectivity index (χ3v) is 2.90. The summed E-state index contributed by atoms with van der Waals surface area (Å²) in [6, 6.07) is 3.13. The van der Waals surface area contributed by atoms with E-state index in [1.54, 1.807) is 6.92 Å². The van der Waals surface area contributed by atoms with E-state index in [4.69, 9.17) is 10.5 Å². The molecule has 1 unspecified atom stereocenters. The molecule has 0 fully saturated rings. The maximum Gasteiger partial charge on any atom is 0.237 e. The lowest BCUT2D eigenvalue weighted by Gasteiger charge is -2.29. The topological polar surface area (TPSA) is 64.3 Å². The van der Waals surface area contributed by atoms with Crippen molar-refractivity contribution >= 4 is 5.91 Å². The van der Waals surface area contributed by atoms with Crippen LogP contribution in [0.25, 0.3) is 0 Å². The van der Waals surface area contributed by atoms with Crippen molar-refractivity contribution in [2.24, 2.45) is 5.73 Å². The van der Waals surface area contributed by atoms with Crippen molar-refractivity contribution in [1.29, 1.82) is 0 Å². The summed E-state index contributed by atoms with van der Waals surface area (Å²) in [5.74, 6) is -2.00. The smallest absolute Gasteiger partial charge is 0.237 e. The van der Waals surface area contributed by atoms with Crippen LogP contribution in [0.4, 0.5) is 8.78 Å². The fourth-order valence-corrected chi connectivity index (χ4v) is 1.86. The van der Waals surface area contributed by atoms with Gasteiger partial charge in [0.1, 0.15) is 5.82 Å². The van der Waals surface area contributed by atoms with Gasteiger partial charge in [-0.3, -0.25) is 4.79 Å². The van der Waals surface area contributed by atoms with Gasteiger partial charge in [0, 0.05) is 18.5 Å². The van der Waals surface area contributed by atoms with Crippen LogP contribution in [0.1, 0.15) is 27.2 Å². The minimum atomic E-state index is -0.940. The summed E-state index contributed by atoms with van der Waals surface area (Å²) < 4.78 is 31.3. The molecule has 0 aliphatic carbocycles. The van der Waals surface area contributed by atoms with Crippen LogP contribution in [0.3, 0.4) is 0 Å². The number of carbonyl (C=O) groups is 1. The van der Waals surface area contributed by atoms with Crippen LogP contribution in [0.15, 0.2) is 18.2 Å². The fraction of sp³-hybridized carbons (Fsp3) is 0.500. The largest absolute Gasteiger partial charge is 0.490 e. The molecule has 1 aromatic rings. The maximum atomic E-state index is 13.4. The van der Waals surface area contributed by atoms with E-state index in [9.17, 15) is 13.6 Å². The monoisotopic (exact) mass is 286 g/mol. The summed E-state index contributed by atoms with van der Waals surface area (Å²) in [5.41, 5.74) is 4.43. The SMILES string of the molecule is CC(C)NC(C)(CCOc1ccc(F)cc1F)C(N)=O. The van der Waals surface area contributed by atoms with Crippen molar-refractivity contribution in [2.45, 2.75) is 38.8 Å². The number of hydrogen-bond donors (Lipinski definition) is 2. The Bertz CT molecular complexity index is 480. The summed E-state index contributed by atoms with van der Waals surface area (Å²) in [4.78, 5) is 11.5. The highest BCUT2D eigenvalue weighted by molar-refractivity contribution is 5.84. The molecule has 20 heavy (non-hydrogen) atoms. The van der Waals surface area contributed by atoms with Crippen molar-refractivity contribution in [1.82, 2.24) is 5.32 Å². The van der Waals surface area contributed by atoms with Gasteiger partial charge in [-0.25, -0.2) is 8.78 Å². The Morgan fingerprint density at radius 2 is 2.10 bits per heavy atom. The summed E-state index contributed by atoms with van der Waals surface area (Å²) in [5, 5.41) is 3.06. The van der Waals surface area contributed by atoms with E-state index in [-0.39, 0.29) is 24.8 Å². The van der Waals surface area contributed by atoms with E-state index in [1.165, 1.54) is 6.07 Å². The number of halogens is 2. The van der Waals surface area contributed by atoms with Crippen LogP contribution < -0.4 is 15.8 Å². The molecule has 1 rings (SSSR count). The molecule has 0 aliphatic heterocycles. The molecule has 3 N–H and O–H groups in total. The quantitative estimate of drug-likeness (QED) is 0.805. The van der Waals surface area contributed by atoms with Crippen LogP contribution in [0, 0.1) is 11.6 Å². The van der Waals surface area contributed by atoms with Crippen LogP contribution >= 0.6 is 0 Å². The van der Waals surface area contributed by atoms with Gasteiger partial charge in [-0.2, -0.15) is 0 Å². The molecule has 112 valence electrons. The van der Waals surface area contributed by atoms with Crippen molar-refractivity contribution in [3.05, 3.63) is 29.8 Å². The lowest BCUT2D eigenvalue weighted by molar-refractivity contribution is -0.124. The average molecular weight is 286 g/mol. The Labute approximate surface area is 117 Å². The highest BCUT2D eigenvalue weighted by Crippen LogP contribution is 2.19. The Morgan fingerprint density at radius 1 is 1.45 bits per heavy atom. The zero-order valence-electron chi connectivity index (χ0n) is 11.9. The van der Waals surface area contributed by atoms with E-state index in [0.29, 0.717) is 0 Å². The van der Waals surface area contributed by atoms with Gasteiger partial charge in [0.25, 0.3) is 0 Å². The van der Waals surface area contributed by atoms with Gasteiger partial charge in [0.15, 0.2) is 11.6 Å². The number of carbonyl (C=O) groups excluding carboxylic acids is 1. The highest BCUT2D eigenvalue weighted by Gasteiger charge is 2.31. The average Bonchev–Trinajstić information content (AvgIpc) is 2.30. The number of nitrogens with one attached hydrogen (secondary N) is 1. The Kier molecular flexibility index (Phi) is 5.44. The van der Waals surface area contributed by atoms with Gasteiger partial charge in [0.05, 0.1) is 12.1 Å². The van der Waals surface area contributed by atoms with Crippen molar-refractivity contribution < 1.29 is 18.3 Å². The zero-order chi connectivity index (χ0) is 15.3. The van der Waals surface area contributed by atoms with E-state index < -0.39 is 23.1 Å². The Hall–Kier alpha value is -1.69. The normalized spacial score (nSPS) is 14.1. The lowest BCUT2D eigenvalue weighted by Crippen LogP contribution is -2.56. The first-order chi connectivity index (χ1) is 9.24. The molecule has 0 aliphatic rings. The zero-order valence-corrected chi connectivity index (χ0v) is 11.9. The lowest BCUT2D eigenvalue weighted by atomic mass is 9.96. The van der Waals surface area contributed by atoms with Crippen LogP contribution in [-0.4, -0.2) is 24.1 Å². The Morgan fingerprint density at radius 3 is 2.60 bits per heavy atom. The molecule has 0 aromatic heterocycles. The summed E-state index contributed by atoms with van der Waals surface area (Å²) >= 11 is 0. The number of primary amides is 1. The van der Waals surface area contributed by atoms with E-state index >= 15 is 0 Å². The second-order valence-electron chi connectivity index (χ2n) is 5.17. The van der Waals surface area contributed by atoms with Crippen molar-refractivity contribution in [2.75, 3.05) is 6.61 Å². The van der Waals surface area contributed by atoms with Gasteiger partial charge in [-0.1, -0.05) is 0 Å². The number of ether oxygens (including phenoxy) is 1. The molecule has 0 saturated carbocycles. The molecule has 1 aromatic carbocycles. The molecule has 4 nitrogen and oxygen atoms in total. The van der Waals surface area contributed by atoms with E-state index in [1.807, 2.05) is 13.8 Å². The van der Waals surface area contributed by atoms with Crippen molar-refractivity contribution in [3.63, 3.8) is 0 Å². The standard InChI is InChI=1S/C14H20F2N2O2/c1-9(2)18-14(3,13(17)19)6-7-20-12-5-4-10(15)8-11(12)16/h4-5,8-9,18H,6-7H2,1-3H3,(H2,17,19). The van der Waals surface area contributed by atoms with Crippen LogP contribution in [0.2, 0.25) is 0 Å². The Balaban J connectivity index is 2.63. The van der Waals surface area contributed by atoms with Gasteiger partial charge >= 0.3 is 0 Å². The summed E-state index contributed by atoms with van der Waals surface area (Å²) in [6.07, 6.45) is 0.275. The molecule has 0 bridgehead atoms. The predicted octanol–water partition coefficient (Wildman–Crippen LogP) is 1.98. The molecule has 0 saturated heterocycles.